The third-order valence-corrected chi connectivity index (χ3v) is 16.4. The number of benzene rings is 2. The molecule has 0 bridgehead atoms. The summed E-state index contributed by atoms with van der Waals surface area (Å²) >= 11 is 0.987. The van der Waals surface area contributed by atoms with Crippen LogP contribution < -0.4 is 0 Å². The van der Waals surface area contributed by atoms with E-state index in [1.54, 1.807) is 13.3 Å². The van der Waals surface area contributed by atoms with Crippen molar-refractivity contribution in [1.29, 1.82) is 0 Å². The first-order valence-electron chi connectivity index (χ1n) is 13.7. The second-order valence-electron chi connectivity index (χ2n) is 11.7. The Morgan fingerprint density at radius 1 is 0.529 bits per heavy atom. The topological polar surface area (TPSA) is 0 Å². The first kappa shape index (κ1) is 31.6. The molecule has 0 saturated carbocycles. The van der Waals surface area contributed by atoms with Crippen LogP contribution in [0.3, 0.4) is 0 Å². The maximum atomic E-state index is 2.33. The quantitative estimate of drug-likeness (QED) is 0.235. The normalized spacial score (nSPS) is 11.9. The molecule has 0 saturated heterocycles. The number of rotatable bonds is 11. The van der Waals surface area contributed by atoms with Crippen LogP contribution in [0.5, 0.6) is 0 Å². The summed E-state index contributed by atoms with van der Waals surface area (Å²) < 4.78 is 5.04. The zero-order valence-corrected chi connectivity index (χ0v) is 27.6. The van der Waals surface area contributed by atoms with E-state index in [-0.39, 0.29) is 10.8 Å². The van der Waals surface area contributed by atoms with Crippen LogP contribution in [0, 0.1) is 0 Å². The van der Waals surface area contributed by atoms with Gasteiger partial charge in [0.15, 0.2) is 0 Å². The first-order valence-corrected chi connectivity index (χ1v) is 20.6. The van der Waals surface area contributed by atoms with Gasteiger partial charge in [0.05, 0.1) is 0 Å². The zero-order valence-electron chi connectivity index (χ0n) is 23.9. The van der Waals surface area contributed by atoms with E-state index in [0.29, 0.717) is 0 Å². The van der Waals surface area contributed by atoms with Crippen molar-refractivity contribution in [1.82, 2.24) is 0 Å². The van der Waals surface area contributed by atoms with Crippen molar-refractivity contribution in [3.8, 4) is 0 Å². The fourth-order valence-electron chi connectivity index (χ4n) is 3.84. The van der Waals surface area contributed by atoms with Gasteiger partial charge in [0.1, 0.15) is 0 Å². The summed E-state index contributed by atoms with van der Waals surface area (Å²) in [6.45, 7) is 20.5. The second kappa shape index (κ2) is 16.4. The van der Waals surface area contributed by atoms with E-state index in [9.17, 15) is 0 Å². The van der Waals surface area contributed by atoms with E-state index in [2.05, 4.69) is 111 Å². The molecular formula is C32H53SSn. The van der Waals surface area contributed by atoms with Crippen molar-refractivity contribution in [3.63, 3.8) is 0 Å². The molecule has 0 nitrogen and oxygen atoms in total. The predicted molar refractivity (Wildman–Crippen MR) is 159 cm³/mol. The molecule has 0 amide bonds. The van der Waals surface area contributed by atoms with E-state index in [1.807, 2.05) is 11.8 Å². The molecule has 0 heterocycles. The Morgan fingerprint density at radius 2 is 0.824 bits per heavy atom. The van der Waals surface area contributed by atoms with Crippen LogP contribution in [-0.4, -0.2) is 19.8 Å². The van der Waals surface area contributed by atoms with Gasteiger partial charge in [-0.1, -0.05) is 77.6 Å². The molecule has 2 heteroatoms. The summed E-state index contributed by atoms with van der Waals surface area (Å²) in [4.78, 5) is 2.60. The molecule has 0 atom stereocenters. The van der Waals surface area contributed by atoms with Gasteiger partial charge < -0.3 is 0 Å². The average Bonchev–Trinajstić information content (AvgIpc) is 2.78. The van der Waals surface area contributed by atoms with Gasteiger partial charge in [0.25, 0.3) is 0 Å². The standard InChI is InChI=1S/C20H26S.3C4H9.Sn/c1-19(2,3)15-7-11-17(12-8-15)21-18-13-9-16(10-14-18)20(4,5)6;3*1-3-4-2;/h7-14H,1-6H3;3*1,3-4H2,2H3;. The van der Waals surface area contributed by atoms with Crippen molar-refractivity contribution in [2.24, 2.45) is 0 Å². The summed E-state index contributed by atoms with van der Waals surface area (Å²) in [7, 11) is 0. The van der Waals surface area contributed by atoms with Gasteiger partial charge in [-0.25, -0.2) is 0 Å². The van der Waals surface area contributed by atoms with E-state index < -0.39 is 19.8 Å². The Bertz CT molecular complexity index is 688. The minimum absolute atomic E-state index is 0.220. The number of unbranched alkanes of at least 4 members (excludes halogenated alkanes) is 3. The third kappa shape index (κ3) is 13.1. The molecule has 0 aliphatic rings. The molecule has 0 aliphatic heterocycles. The number of hydrogen-bond acceptors (Lipinski definition) is 1. The van der Waals surface area contributed by atoms with Crippen molar-refractivity contribution in [2.75, 3.05) is 0 Å². The summed E-state index contributed by atoms with van der Waals surface area (Å²) in [6, 6.07) is 17.9. The molecule has 0 unspecified atom stereocenters. The Labute approximate surface area is 224 Å². The van der Waals surface area contributed by atoms with Crippen molar-refractivity contribution in [3.05, 3.63) is 59.7 Å². The van der Waals surface area contributed by atoms with Gasteiger partial charge in [-0.3, -0.25) is 0 Å². The summed E-state index contributed by atoms with van der Waals surface area (Å²) in [6.07, 6.45) is 8.85. The summed E-state index contributed by atoms with van der Waals surface area (Å²) in [5.74, 6) is 0. The fourth-order valence-corrected chi connectivity index (χ4v) is 14.1. The van der Waals surface area contributed by atoms with Gasteiger partial charge in [0, 0.05) is 9.79 Å². The molecule has 0 aromatic heterocycles. The molecule has 0 aliphatic carbocycles. The third-order valence-electron chi connectivity index (χ3n) is 6.33. The van der Waals surface area contributed by atoms with Gasteiger partial charge in [-0.05, 0) is 46.2 Å². The van der Waals surface area contributed by atoms with Crippen molar-refractivity contribution in [2.45, 2.75) is 135 Å². The Kier molecular flexibility index (Phi) is 15.2. The van der Waals surface area contributed by atoms with Gasteiger partial charge >= 0.3 is 92.4 Å². The molecule has 2 rings (SSSR count). The Hall–Kier alpha value is -0.411. The summed E-state index contributed by atoms with van der Waals surface area (Å²) in [5, 5.41) is 0. The zero-order chi connectivity index (χ0) is 25.6. The minimum atomic E-state index is -0.839. The molecule has 0 spiro atoms. The van der Waals surface area contributed by atoms with Crippen LogP contribution in [0.15, 0.2) is 58.3 Å². The van der Waals surface area contributed by atoms with Crippen molar-refractivity contribution >= 4 is 31.5 Å². The number of hydrogen-bond donors (Lipinski definition) is 0. The molecule has 0 fully saturated rings. The first-order chi connectivity index (χ1) is 16.0. The molecular weight excluding hydrogens is 535 g/mol. The molecule has 0 N–H and O–H groups in total. The Balaban J connectivity index is 0.000000385. The van der Waals surface area contributed by atoms with Crippen LogP contribution >= 0.6 is 11.8 Å². The molecule has 2 aromatic carbocycles. The Morgan fingerprint density at radius 3 is 1.06 bits per heavy atom. The SMILES string of the molecule is CC(C)(C)c1ccc(Sc2ccc(C(C)(C)C)cc2)cc1.CCC[CH2][Sn]([CH2]CCC)[CH2]CCC. The van der Waals surface area contributed by atoms with Crippen LogP contribution in [0.2, 0.25) is 13.3 Å². The molecule has 1 radical (unpaired) electrons. The van der Waals surface area contributed by atoms with E-state index in [0.717, 1.165) is 0 Å². The second-order valence-corrected chi connectivity index (χ2v) is 21.4. The average molecular weight is 589 g/mol. The van der Waals surface area contributed by atoms with Gasteiger partial charge in [-0.2, -0.15) is 0 Å². The van der Waals surface area contributed by atoms with Crippen LogP contribution in [0.25, 0.3) is 0 Å². The summed E-state index contributed by atoms with van der Waals surface area (Å²) in [5.41, 5.74) is 3.21. The van der Waals surface area contributed by atoms with Crippen LogP contribution in [0.4, 0.5) is 0 Å². The molecule has 34 heavy (non-hydrogen) atoms. The van der Waals surface area contributed by atoms with Crippen LogP contribution in [-0.2, 0) is 10.8 Å². The van der Waals surface area contributed by atoms with E-state index >= 15 is 0 Å². The molecule has 191 valence electrons. The predicted octanol–water partition coefficient (Wildman–Crippen LogP) is 11.3. The molecule has 2 aromatic rings. The van der Waals surface area contributed by atoms with E-state index in [1.165, 1.54) is 59.4 Å². The fraction of sp³-hybridized carbons (Fsp3) is 0.625. The van der Waals surface area contributed by atoms with E-state index in [4.69, 9.17) is 0 Å². The van der Waals surface area contributed by atoms with Gasteiger partial charge in [0.2, 0.25) is 0 Å². The van der Waals surface area contributed by atoms with Crippen LogP contribution in [0.1, 0.15) is 112 Å². The van der Waals surface area contributed by atoms with Gasteiger partial charge in [-0.15, -0.1) is 0 Å². The monoisotopic (exact) mass is 589 g/mol. The van der Waals surface area contributed by atoms with Crippen molar-refractivity contribution < 1.29 is 0 Å². The maximum absolute atomic E-state index is 2.33.